The molecule has 7 heteroatoms. The molecule has 0 heterocycles. The van der Waals surface area contributed by atoms with E-state index < -0.39 is 10.0 Å². The van der Waals surface area contributed by atoms with Gasteiger partial charge in [-0.2, -0.15) is 4.31 Å². The molecular weight excluding hydrogens is 292 g/mol. The number of aliphatic hydroxyl groups excluding tert-OH is 1. The van der Waals surface area contributed by atoms with Crippen molar-refractivity contribution >= 4 is 15.9 Å². The van der Waals surface area contributed by atoms with E-state index in [4.69, 9.17) is 5.11 Å². The molecule has 0 unspecified atom stereocenters. The minimum atomic E-state index is -3.76. The minimum absolute atomic E-state index is 0.0547. The van der Waals surface area contributed by atoms with E-state index in [0.717, 1.165) is 4.31 Å². The van der Waals surface area contributed by atoms with E-state index in [1.165, 1.54) is 19.2 Å². The van der Waals surface area contributed by atoms with Crippen molar-refractivity contribution in [1.82, 2.24) is 9.62 Å². The molecule has 0 saturated carbocycles. The number of carbonyl (C=O) groups is 1. The molecular formula is C14H18N2O4S. The second kappa shape index (κ2) is 7.78. The highest BCUT2D eigenvalue weighted by atomic mass is 32.2. The second-order valence-corrected chi connectivity index (χ2v) is 6.25. The van der Waals surface area contributed by atoms with Crippen molar-refractivity contribution in [2.45, 2.75) is 11.8 Å². The first kappa shape index (κ1) is 17.2. The number of nitrogens with zero attached hydrogens (tertiary/aromatic N) is 1. The van der Waals surface area contributed by atoms with Crippen molar-refractivity contribution in [2.75, 3.05) is 26.7 Å². The molecule has 0 saturated heterocycles. The Morgan fingerprint density at radius 2 is 2.14 bits per heavy atom. The topological polar surface area (TPSA) is 86.7 Å². The quantitative estimate of drug-likeness (QED) is 0.737. The van der Waals surface area contributed by atoms with Gasteiger partial charge in [0, 0.05) is 19.2 Å². The number of aliphatic hydroxyl groups is 1. The molecule has 1 aromatic rings. The second-order valence-electron chi connectivity index (χ2n) is 4.20. The van der Waals surface area contributed by atoms with Gasteiger partial charge in [-0.15, -0.1) is 0 Å². The first-order valence-corrected chi connectivity index (χ1v) is 7.78. The van der Waals surface area contributed by atoms with Crippen LogP contribution in [0, 0.1) is 11.8 Å². The monoisotopic (exact) mass is 310 g/mol. The number of likely N-dealkylation sites (N-methyl/N-ethyl adjacent to an activating group) is 2. The summed E-state index contributed by atoms with van der Waals surface area (Å²) in [5.74, 6) is 4.74. The van der Waals surface area contributed by atoms with Gasteiger partial charge in [-0.1, -0.05) is 17.9 Å². The molecule has 0 bridgehead atoms. The maximum Gasteiger partial charge on any atom is 0.243 e. The predicted octanol–water partition coefficient (Wildman–Crippen LogP) is -0.213. The molecule has 21 heavy (non-hydrogen) atoms. The smallest absolute Gasteiger partial charge is 0.243 e. The molecule has 114 valence electrons. The van der Waals surface area contributed by atoms with Crippen LogP contribution < -0.4 is 5.32 Å². The summed E-state index contributed by atoms with van der Waals surface area (Å²) >= 11 is 0. The van der Waals surface area contributed by atoms with Crippen molar-refractivity contribution in [2.24, 2.45) is 0 Å². The summed E-state index contributed by atoms with van der Waals surface area (Å²) in [6.45, 7) is 1.66. The fourth-order valence-corrected chi connectivity index (χ4v) is 2.77. The van der Waals surface area contributed by atoms with Gasteiger partial charge in [-0.05, 0) is 25.1 Å². The molecule has 0 fully saturated rings. The first-order chi connectivity index (χ1) is 9.91. The zero-order chi connectivity index (χ0) is 15.9. The Kier molecular flexibility index (Phi) is 6.37. The van der Waals surface area contributed by atoms with E-state index in [1.807, 2.05) is 0 Å². The van der Waals surface area contributed by atoms with Crippen LogP contribution in [0.4, 0.5) is 0 Å². The van der Waals surface area contributed by atoms with Crippen LogP contribution in [0.25, 0.3) is 0 Å². The highest BCUT2D eigenvalue weighted by Gasteiger charge is 2.22. The molecule has 6 nitrogen and oxygen atoms in total. The van der Waals surface area contributed by atoms with Crippen LogP contribution in [-0.4, -0.2) is 50.5 Å². The summed E-state index contributed by atoms with van der Waals surface area (Å²) in [5, 5.41) is 11.2. The lowest BCUT2D eigenvalue weighted by Gasteiger charge is -2.16. The average molecular weight is 310 g/mol. The van der Waals surface area contributed by atoms with Crippen LogP contribution in [0.1, 0.15) is 12.5 Å². The van der Waals surface area contributed by atoms with Gasteiger partial charge in [0.25, 0.3) is 0 Å². The van der Waals surface area contributed by atoms with Crippen molar-refractivity contribution in [3.8, 4) is 11.8 Å². The Morgan fingerprint density at radius 1 is 1.43 bits per heavy atom. The average Bonchev–Trinajstić information content (AvgIpc) is 2.45. The fourth-order valence-electron chi connectivity index (χ4n) is 1.60. The molecule has 0 aliphatic carbocycles. The van der Waals surface area contributed by atoms with Crippen LogP contribution in [0.5, 0.6) is 0 Å². The third kappa shape index (κ3) is 4.86. The lowest BCUT2D eigenvalue weighted by molar-refractivity contribution is -0.121. The fraction of sp³-hybridized carbons (Fsp3) is 0.357. The summed E-state index contributed by atoms with van der Waals surface area (Å²) in [5.41, 5.74) is 0.483. The van der Waals surface area contributed by atoms with E-state index >= 15 is 0 Å². The maximum absolute atomic E-state index is 12.3. The largest absolute Gasteiger partial charge is 0.384 e. The Morgan fingerprint density at radius 3 is 2.76 bits per heavy atom. The summed E-state index contributed by atoms with van der Waals surface area (Å²) in [6, 6.07) is 6.06. The Hall–Kier alpha value is -1.88. The molecule has 0 aliphatic heterocycles. The number of rotatable bonds is 5. The number of carbonyl (C=O) groups excluding carboxylic acids is 1. The van der Waals surface area contributed by atoms with Crippen molar-refractivity contribution in [1.29, 1.82) is 0 Å². The number of hydrogen-bond donors (Lipinski definition) is 2. The van der Waals surface area contributed by atoms with Gasteiger partial charge in [0.15, 0.2) is 0 Å². The molecule has 1 rings (SSSR count). The summed E-state index contributed by atoms with van der Waals surface area (Å²) in [6.07, 6.45) is 0. The maximum atomic E-state index is 12.3. The van der Waals surface area contributed by atoms with E-state index in [9.17, 15) is 13.2 Å². The van der Waals surface area contributed by atoms with Gasteiger partial charge >= 0.3 is 0 Å². The molecule has 0 radical (unpaired) electrons. The van der Waals surface area contributed by atoms with Crippen LogP contribution in [0.15, 0.2) is 29.2 Å². The van der Waals surface area contributed by atoms with Crippen LogP contribution in [0.3, 0.4) is 0 Å². The number of sulfonamides is 1. The molecule has 0 aliphatic rings. The first-order valence-electron chi connectivity index (χ1n) is 6.34. The van der Waals surface area contributed by atoms with Crippen LogP contribution in [-0.2, 0) is 14.8 Å². The van der Waals surface area contributed by atoms with Gasteiger partial charge in [-0.3, -0.25) is 4.79 Å². The third-order valence-corrected chi connectivity index (χ3v) is 4.39. The summed E-state index contributed by atoms with van der Waals surface area (Å²) in [7, 11) is -2.41. The molecule has 1 aromatic carbocycles. The summed E-state index contributed by atoms with van der Waals surface area (Å²) in [4.78, 5) is 11.5. The van der Waals surface area contributed by atoms with Crippen molar-refractivity contribution < 1.29 is 18.3 Å². The lowest BCUT2D eigenvalue weighted by Crippen LogP contribution is -2.38. The highest BCUT2D eigenvalue weighted by molar-refractivity contribution is 7.89. The van der Waals surface area contributed by atoms with E-state index in [-0.39, 0.29) is 24.0 Å². The van der Waals surface area contributed by atoms with E-state index in [1.54, 1.807) is 19.1 Å². The molecule has 0 spiro atoms. The summed E-state index contributed by atoms with van der Waals surface area (Å²) < 4.78 is 25.7. The van der Waals surface area contributed by atoms with Gasteiger partial charge in [-0.25, -0.2) is 8.42 Å². The van der Waals surface area contributed by atoms with Crippen molar-refractivity contribution in [3.63, 3.8) is 0 Å². The number of benzene rings is 1. The molecule has 0 aromatic heterocycles. The Labute approximate surface area is 124 Å². The van der Waals surface area contributed by atoms with E-state index in [0.29, 0.717) is 12.1 Å². The van der Waals surface area contributed by atoms with Gasteiger partial charge in [0.2, 0.25) is 15.9 Å². The minimum Gasteiger partial charge on any atom is -0.384 e. The standard InChI is InChI=1S/C14H18N2O4S/c1-3-15-14(18)11-16(2)21(19,20)13-8-4-6-12(10-13)7-5-9-17/h4,6,8,10,17H,3,9,11H2,1-2H3,(H,15,18). The zero-order valence-electron chi connectivity index (χ0n) is 12.0. The highest BCUT2D eigenvalue weighted by Crippen LogP contribution is 2.15. The third-order valence-electron chi connectivity index (χ3n) is 2.59. The zero-order valence-corrected chi connectivity index (χ0v) is 12.8. The Balaban J connectivity index is 2.99. The van der Waals surface area contributed by atoms with Crippen molar-refractivity contribution in [3.05, 3.63) is 29.8 Å². The van der Waals surface area contributed by atoms with Crippen LogP contribution in [0.2, 0.25) is 0 Å². The SMILES string of the molecule is CCNC(=O)CN(C)S(=O)(=O)c1cccc(C#CCO)c1. The molecule has 0 atom stereocenters. The van der Waals surface area contributed by atoms with Gasteiger partial charge < -0.3 is 10.4 Å². The lowest BCUT2D eigenvalue weighted by atomic mass is 10.2. The van der Waals surface area contributed by atoms with Gasteiger partial charge in [0.1, 0.15) is 6.61 Å². The Bertz CT molecular complexity index is 659. The number of hydrogen-bond acceptors (Lipinski definition) is 4. The predicted molar refractivity (Wildman–Crippen MR) is 78.9 cm³/mol. The van der Waals surface area contributed by atoms with E-state index in [2.05, 4.69) is 17.2 Å². The normalized spacial score (nSPS) is 10.9. The van der Waals surface area contributed by atoms with Crippen LogP contribution >= 0.6 is 0 Å². The number of nitrogens with one attached hydrogen (secondary N) is 1. The molecule has 1 amide bonds. The molecule has 2 N–H and O–H groups in total. The number of amides is 1. The van der Waals surface area contributed by atoms with Gasteiger partial charge in [0.05, 0.1) is 11.4 Å².